The van der Waals surface area contributed by atoms with Crippen molar-refractivity contribution in [2.24, 2.45) is 4.99 Å². The summed E-state index contributed by atoms with van der Waals surface area (Å²) in [6.07, 6.45) is 13.1. The highest BCUT2D eigenvalue weighted by atomic mass is 19.1. The van der Waals surface area contributed by atoms with Crippen LogP contribution < -0.4 is 20.4 Å². The Labute approximate surface area is 334 Å². The average Bonchev–Trinajstić information content (AvgIpc) is 4.11. The molecule has 5 aromatic rings. The fourth-order valence-electron chi connectivity index (χ4n) is 10.1. The van der Waals surface area contributed by atoms with Gasteiger partial charge in [0, 0.05) is 37.0 Å². The van der Waals surface area contributed by atoms with Crippen LogP contribution >= 0.6 is 0 Å². The molecule has 4 atom stereocenters. The van der Waals surface area contributed by atoms with Crippen LogP contribution in [0.25, 0.3) is 17.0 Å². The van der Waals surface area contributed by atoms with E-state index < -0.39 is 11.6 Å². The number of hydrogen-bond acceptors (Lipinski definition) is 6. The van der Waals surface area contributed by atoms with E-state index in [4.69, 9.17) is 4.99 Å². The van der Waals surface area contributed by atoms with Gasteiger partial charge in [-0.3, -0.25) is 4.99 Å². The predicted molar refractivity (Wildman–Crippen MR) is 226 cm³/mol. The summed E-state index contributed by atoms with van der Waals surface area (Å²) in [6, 6.07) is 31.5. The van der Waals surface area contributed by atoms with Crippen molar-refractivity contribution in [3.8, 4) is 11.3 Å². The molecule has 1 unspecified atom stereocenters. The molecule has 5 aliphatic rings. The van der Waals surface area contributed by atoms with Gasteiger partial charge in [0.25, 0.3) is 0 Å². The number of nitrogens with zero attached hydrogens (tertiary/aromatic N) is 4. The molecule has 4 saturated heterocycles. The summed E-state index contributed by atoms with van der Waals surface area (Å²) in [5.41, 5.74) is 9.66. The minimum atomic E-state index is -0.497. The van der Waals surface area contributed by atoms with E-state index in [1.54, 1.807) is 12.1 Å². The van der Waals surface area contributed by atoms with E-state index in [1.165, 1.54) is 17.7 Å². The van der Waals surface area contributed by atoms with E-state index in [9.17, 15) is 0 Å². The van der Waals surface area contributed by atoms with E-state index >= 15 is 8.78 Å². The Morgan fingerprint density at radius 3 is 1.91 bits per heavy atom. The summed E-state index contributed by atoms with van der Waals surface area (Å²) in [6.45, 7) is 3.32. The standard InChI is InChI=1S/C48H51F2N7/c49-38-28-37(29-39(50)47(38)56-26-22-32(23-27-56)31-6-2-1-3-7-31)57-45(35-14-10-33(11-15-35)40-18-19-42(54-40)41-8-4-24-51-41)20-21-46(57)36-16-12-34(13-17-36)44-30-53-48(55-44)43-9-5-25-52-43/h1-3,6-7,10-18,28-30,32,41,43,45-46,51-52H,4-5,8-9,19-27H2,(H,53,55)/t41-,43?,45+,46+/m0/s1. The number of piperidine rings is 1. The summed E-state index contributed by atoms with van der Waals surface area (Å²) in [4.78, 5) is 17.4. The van der Waals surface area contributed by atoms with Crippen molar-refractivity contribution in [2.45, 2.75) is 87.9 Å². The second-order valence-corrected chi connectivity index (χ2v) is 16.6. The highest BCUT2D eigenvalue weighted by Crippen LogP contribution is 2.48. The second-order valence-electron chi connectivity index (χ2n) is 16.6. The monoisotopic (exact) mass is 763 g/mol. The van der Waals surface area contributed by atoms with Crippen LogP contribution in [0.1, 0.15) is 110 Å². The average molecular weight is 764 g/mol. The van der Waals surface area contributed by atoms with Crippen LogP contribution in [0.15, 0.2) is 108 Å². The van der Waals surface area contributed by atoms with Crippen molar-refractivity contribution >= 4 is 22.8 Å². The van der Waals surface area contributed by atoms with Crippen LogP contribution in [-0.2, 0) is 0 Å². The van der Waals surface area contributed by atoms with E-state index in [0.717, 1.165) is 104 Å². The number of hydrogen-bond donors (Lipinski definition) is 3. The Morgan fingerprint density at radius 2 is 1.28 bits per heavy atom. The molecule has 6 heterocycles. The number of rotatable bonds is 9. The van der Waals surface area contributed by atoms with Gasteiger partial charge in [0.15, 0.2) is 11.6 Å². The normalized spacial score (nSPS) is 24.0. The number of aromatic nitrogens is 2. The number of anilines is 2. The molecule has 3 N–H and O–H groups in total. The number of aromatic amines is 1. The number of aliphatic imine (C=N–C) groups is 1. The van der Waals surface area contributed by atoms with Crippen molar-refractivity contribution in [3.63, 3.8) is 0 Å². The molecule has 0 aliphatic carbocycles. The van der Waals surface area contributed by atoms with Gasteiger partial charge in [-0.25, -0.2) is 13.8 Å². The maximum Gasteiger partial charge on any atom is 0.151 e. The zero-order chi connectivity index (χ0) is 38.3. The van der Waals surface area contributed by atoms with Crippen molar-refractivity contribution in [1.29, 1.82) is 0 Å². The van der Waals surface area contributed by atoms with Gasteiger partial charge in [-0.2, -0.15) is 0 Å². The highest BCUT2D eigenvalue weighted by molar-refractivity contribution is 5.99. The third-order valence-electron chi connectivity index (χ3n) is 13.2. The first-order valence-corrected chi connectivity index (χ1v) is 21.1. The minimum absolute atomic E-state index is 0.0524. The Balaban J connectivity index is 0.933. The molecule has 0 amide bonds. The molecular formula is C48H51F2N7. The molecule has 10 rings (SSSR count). The van der Waals surface area contributed by atoms with Crippen LogP contribution in [0.3, 0.4) is 0 Å². The van der Waals surface area contributed by atoms with E-state index in [2.05, 4.69) is 104 Å². The summed E-state index contributed by atoms with van der Waals surface area (Å²) in [5, 5.41) is 7.11. The molecule has 0 radical (unpaired) electrons. The lowest BCUT2D eigenvalue weighted by Gasteiger charge is -2.36. The smallest absolute Gasteiger partial charge is 0.151 e. The lowest BCUT2D eigenvalue weighted by Crippen LogP contribution is -2.34. The quantitative estimate of drug-likeness (QED) is 0.140. The van der Waals surface area contributed by atoms with Gasteiger partial charge in [-0.1, -0.05) is 84.9 Å². The molecule has 5 aliphatic heterocycles. The van der Waals surface area contributed by atoms with Crippen LogP contribution in [0.4, 0.5) is 20.2 Å². The van der Waals surface area contributed by atoms with Crippen molar-refractivity contribution in [3.05, 3.63) is 143 Å². The fraction of sp³-hybridized carbons (Fsp3) is 0.375. The summed E-state index contributed by atoms with van der Waals surface area (Å²) >= 11 is 0. The number of imidazole rings is 1. The van der Waals surface area contributed by atoms with Gasteiger partial charge in [0.2, 0.25) is 0 Å². The van der Waals surface area contributed by atoms with Crippen molar-refractivity contribution < 1.29 is 8.78 Å². The Hall–Kier alpha value is -5.12. The first-order valence-electron chi connectivity index (χ1n) is 21.1. The maximum absolute atomic E-state index is 16.4. The molecule has 57 heavy (non-hydrogen) atoms. The molecule has 4 aromatic carbocycles. The third kappa shape index (κ3) is 7.21. The lowest BCUT2D eigenvalue weighted by molar-refractivity contribution is 0.486. The van der Waals surface area contributed by atoms with Gasteiger partial charge in [0.1, 0.15) is 11.5 Å². The number of allylic oxidation sites excluding steroid dienone is 1. The fourth-order valence-corrected chi connectivity index (χ4v) is 10.1. The largest absolute Gasteiger partial charge is 0.367 e. The highest BCUT2D eigenvalue weighted by Gasteiger charge is 2.37. The summed E-state index contributed by atoms with van der Waals surface area (Å²) in [5.74, 6) is 0.393. The molecule has 0 bridgehead atoms. The van der Waals surface area contributed by atoms with Crippen LogP contribution in [0.5, 0.6) is 0 Å². The first-order chi connectivity index (χ1) is 28.1. The predicted octanol–water partition coefficient (Wildman–Crippen LogP) is 10.2. The number of nitrogens with one attached hydrogen (secondary N) is 3. The number of halogens is 2. The van der Waals surface area contributed by atoms with E-state index in [1.807, 2.05) is 17.2 Å². The Bertz CT molecular complexity index is 2220. The van der Waals surface area contributed by atoms with Crippen LogP contribution in [0, 0.1) is 11.6 Å². The number of benzene rings is 4. The van der Waals surface area contributed by atoms with E-state index in [0.29, 0.717) is 30.7 Å². The summed E-state index contributed by atoms with van der Waals surface area (Å²) < 4.78 is 32.8. The van der Waals surface area contributed by atoms with Gasteiger partial charge in [-0.05, 0) is 110 Å². The van der Waals surface area contributed by atoms with Crippen molar-refractivity contribution in [1.82, 2.24) is 20.6 Å². The lowest BCUT2D eigenvalue weighted by atomic mass is 9.89. The Morgan fingerprint density at radius 1 is 0.649 bits per heavy atom. The topological polar surface area (TPSA) is 71.6 Å². The molecule has 7 nitrogen and oxygen atoms in total. The first kappa shape index (κ1) is 36.2. The molecule has 4 fully saturated rings. The number of H-pyrrole nitrogens is 1. The summed E-state index contributed by atoms with van der Waals surface area (Å²) in [7, 11) is 0. The molecule has 1 aromatic heterocycles. The maximum atomic E-state index is 16.4. The minimum Gasteiger partial charge on any atom is -0.367 e. The zero-order valence-electron chi connectivity index (χ0n) is 32.4. The van der Waals surface area contributed by atoms with E-state index in [-0.39, 0.29) is 23.8 Å². The molecule has 0 saturated carbocycles. The third-order valence-corrected chi connectivity index (χ3v) is 13.2. The van der Waals surface area contributed by atoms with Crippen LogP contribution in [0.2, 0.25) is 0 Å². The van der Waals surface area contributed by atoms with Crippen LogP contribution in [-0.4, -0.2) is 47.9 Å². The Kier molecular flexibility index (Phi) is 9.96. The second kappa shape index (κ2) is 15.7. The van der Waals surface area contributed by atoms with Gasteiger partial charge < -0.3 is 25.4 Å². The zero-order valence-corrected chi connectivity index (χ0v) is 32.4. The van der Waals surface area contributed by atoms with Gasteiger partial charge >= 0.3 is 0 Å². The molecule has 292 valence electrons. The molecular weight excluding hydrogens is 713 g/mol. The molecule has 9 heteroatoms. The molecule has 0 spiro atoms. The van der Waals surface area contributed by atoms with Gasteiger partial charge in [-0.15, -0.1) is 0 Å². The SMILES string of the molecule is Fc1cc(N2[C@@H](c3ccc(C4=CCC([C@@H]5CCCN5)=N4)cc3)CC[C@@H]2c2ccc(-c3cnc(C4CCCN4)[nH]3)cc2)cc(F)c1N1CCC(c2ccccc2)CC1. The van der Waals surface area contributed by atoms with Gasteiger partial charge in [0.05, 0.1) is 35.7 Å². The van der Waals surface area contributed by atoms with Crippen molar-refractivity contribution in [2.75, 3.05) is 36.0 Å².